The molecule has 2 aromatic rings. The maximum absolute atomic E-state index is 12.1. The molecule has 0 radical (unpaired) electrons. The van der Waals surface area contributed by atoms with Crippen LogP contribution in [0.4, 0.5) is 0 Å². The molecule has 6 heteroatoms. The van der Waals surface area contributed by atoms with Gasteiger partial charge < -0.3 is 9.16 Å². The first kappa shape index (κ1) is 18.1. The zero-order valence-electron chi connectivity index (χ0n) is 16.3. The van der Waals surface area contributed by atoms with Crippen molar-refractivity contribution < 1.29 is 14.0 Å². The molecule has 1 saturated carbocycles. The van der Waals surface area contributed by atoms with Crippen molar-refractivity contribution in [2.75, 3.05) is 7.11 Å². The summed E-state index contributed by atoms with van der Waals surface area (Å²) in [5.41, 5.74) is 2.99. The van der Waals surface area contributed by atoms with Gasteiger partial charge in [0.2, 0.25) is 0 Å². The Hall–Kier alpha value is -1.66. The summed E-state index contributed by atoms with van der Waals surface area (Å²) in [4.78, 5) is 12.1. The van der Waals surface area contributed by atoms with E-state index < -0.39 is 8.32 Å². The minimum absolute atomic E-state index is 0.127. The third kappa shape index (κ3) is 3.13. The van der Waals surface area contributed by atoms with Crippen LogP contribution in [-0.4, -0.2) is 31.0 Å². The summed E-state index contributed by atoms with van der Waals surface area (Å²) in [6, 6.07) is 5.71. The summed E-state index contributed by atoms with van der Waals surface area (Å²) >= 11 is 0. The van der Waals surface area contributed by atoms with Crippen LogP contribution in [0, 0.1) is 6.92 Å². The zero-order chi connectivity index (χ0) is 18.6. The van der Waals surface area contributed by atoms with Gasteiger partial charge in [-0.05, 0) is 56.1 Å². The molecular formula is C19H28N2O3Si. The van der Waals surface area contributed by atoms with E-state index >= 15 is 0 Å². The SMILES string of the molecule is COC(=O)c1cc(C2(O[Si](C)(C)C(C)(C)C)CC2)n2nc(C)cc2c1. The van der Waals surface area contributed by atoms with Gasteiger partial charge in [-0.2, -0.15) is 5.10 Å². The molecule has 0 aromatic carbocycles. The van der Waals surface area contributed by atoms with Gasteiger partial charge in [0.25, 0.3) is 0 Å². The summed E-state index contributed by atoms with van der Waals surface area (Å²) in [6.07, 6.45) is 1.91. The van der Waals surface area contributed by atoms with Crippen LogP contribution in [-0.2, 0) is 14.8 Å². The molecule has 2 aromatic heterocycles. The highest BCUT2D eigenvalue weighted by atomic mass is 28.4. The molecule has 136 valence electrons. The van der Waals surface area contributed by atoms with Gasteiger partial charge in [-0.1, -0.05) is 20.8 Å². The zero-order valence-corrected chi connectivity index (χ0v) is 17.3. The van der Waals surface area contributed by atoms with Crippen molar-refractivity contribution in [3.05, 3.63) is 35.2 Å². The number of hydrogen-bond donors (Lipinski definition) is 0. The average molecular weight is 361 g/mol. The number of hydrogen-bond acceptors (Lipinski definition) is 4. The molecule has 3 rings (SSSR count). The fraction of sp³-hybridized carbons (Fsp3) is 0.579. The van der Waals surface area contributed by atoms with Gasteiger partial charge in [0.1, 0.15) is 0 Å². The van der Waals surface area contributed by atoms with Gasteiger partial charge in [-0.3, -0.25) is 0 Å². The first-order valence-electron chi connectivity index (χ1n) is 8.78. The number of carbonyl (C=O) groups is 1. The van der Waals surface area contributed by atoms with Gasteiger partial charge in [0, 0.05) is 0 Å². The molecule has 0 spiro atoms. The number of nitrogens with zero attached hydrogens (tertiary/aromatic N) is 2. The van der Waals surface area contributed by atoms with E-state index in [1.165, 1.54) is 7.11 Å². The van der Waals surface area contributed by atoms with Crippen LogP contribution in [0.3, 0.4) is 0 Å². The molecule has 1 fully saturated rings. The van der Waals surface area contributed by atoms with E-state index in [9.17, 15) is 4.79 Å². The van der Waals surface area contributed by atoms with E-state index in [2.05, 4.69) is 39.0 Å². The van der Waals surface area contributed by atoms with Crippen LogP contribution in [0.15, 0.2) is 18.2 Å². The number of esters is 1. The molecule has 0 N–H and O–H groups in total. The minimum atomic E-state index is -1.95. The second-order valence-corrected chi connectivity index (χ2v) is 13.3. The summed E-state index contributed by atoms with van der Waals surface area (Å²) < 4.78 is 13.7. The number of fused-ring (bicyclic) bond motifs is 1. The maximum Gasteiger partial charge on any atom is 0.337 e. The number of ether oxygens (including phenoxy) is 1. The first-order chi connectivity index (χ1) is 11.5. The third-order valence-corrected chi connectivity index (χ3v) is 10.0. The highest BCUT2D eigenvalue weighted by molar-refractivity contribution is 6.74. The Bertz CT molecular complexity index is 829. The number of pyridine rings is 1. The van der Waals surface area contributed by atoms with Crippen molar-refractivity contribution in [1.29, 1.82) is 0 Å². The molecule has 0 saturated heterocycles. The van der Waals surface area contributed by atoms with E-state index in [0.717, 1.165) is 29.7 Å². The van der Waals surface area contributed by atoms with E-state index in [-0.39, 0.29) is 16.6 Å². The van der Waals surface area contributed by atoms with E-state index in [0.29, 0.717) is 5.56 Å². The molecule has 0 unspecified atom stereocenters. The van der Waals surface area contributed by atoms with Gasteiger partial charge in [-0.25, -0.2) is 9.31 Å². The van der Waals surface area contributed by atoms with Gasteiger partial charge >= 0.3 is 5.97 Å². The second-order valence-electron chi connectivity index (χ2n) is 8.60. The van der Waals surface area contributed by atoms with Crippen LogP contribution < -0.4 is 0 Å². The quantitative estimate of drug-likeness (QED) is 0.597. The molecule has 0 bridgehead atoms. The van der Waals surface area contributed by atoms with Crippen LogP contribution in [0.5, 0.6) is 0 Å². The normalized spacial score (nSPS) is 16.9. The predicted molar refractivity (Wildman–Crippen MR) is 100 cm³/mol. The molecular weight excluding hydrogens is 332 g/mol. The fourth-order valence-corrected chi connectivity index (χ4v) is 4.54. The number of methoxy groups -OCH3 is 1. The van der Waals surface area contributed by atoms with E-state index in [1.807, 2.05) is 29.6 Å². The molecule has 0 atom stereocenters. The Morgan fingerprint density at radius 2 is 1.88 bits per heavy atom. The number of carbonyl (C=O) groups excluding carboxylic acids is 1. The van der Waals surface area contributed by atoms with Crippen molar-refractivity contribution in [1.82, 2.24) is 9.61 Å². The molecule has 0 amide bonds. The minimum Gasteiger partial charge on any atom is -0.465 e. The lowest BCUT2D eigenvalue weighted by Gasteiger charge is -2.39. The van der Waals surface area contributed by atoms with Crippen LogP contribution in [0.1, 0.15) is 55.4 Å². The summed E-state index contributed by atoms with van der Waals surface area (Å²) in [5, 5.41) is 4.76. The van der Waals surface area contributed by atoms with Crippen molar-refractivity contribution in [2.24, 2.45) is 0 Å². The van der Waals surface area contributed by atoms with Gasteiger partial charge in [0.15, 0.2) is 8.32 Å². The molecule has 1 aliphatic rings. The molecule has 0 aliphatic heterocycles. The lowest BCUT2D eigenvalue weighted by Crippen LogP contribution is -2.44. The van der Waals surface area contributed by atoms with Crippen molar-refractivity contribution in [3.8, 4) is 0 Å². The van der Waals surface area contributed by atoms with Gasteiger partial charge in [0.05, 0.1) is 35.2 Å². The standard InChI is InChI=1S/C19H28N2O3Si/c1-13-10-15-11-14(17(22)23-5)12-16(21(15)20-13)19(8-9-19)24-25(6,7)18(2,3)4/h10-12H,8-9H2,1-7H3. The Kier molecular flexibility index (Phi) is 4.12. The highest BCUT2D eigenvalue weighted by Crippen LogP contribution is 2.54. The summed E-state index contributed by atoms with van der Waals surface area (Å²) in [7, 11) is -0.542. The number of rotatable bonds is 4. The largest absolute Gasteiger partial charge is 0.465 e. The second kappa shape index (κ2) is 5.67. The van der Waals surface area contributed by atoms with E-state index in [1.54, 1.807) is 0 Å². The van der Waals surface area contributed by atoms with Crippen LogP contribution in [0.25, 0.3) is 5.52 Å². The maximum atomic E-state index is 12.1. The van der Waals surface area contributed by atoms with Crippen LogP contribution in [0.2, 0.25) is 18.1 Å². The van der Waals surface area contributed by atoms with Gasteiger partial charge in [-0.15, -0.1) is 0 Å². The molecule has 2 heterocycles. The number of aryl methyl sites for hydroxylation is 1. The topological polar surface area (TPSA) is 52.8 Å². The van der Waals surface area contributed by atoms with Crippen LogP contribution >= 0.6 is 0 Å². The Labute approximate surface area is 150 Å². The number of aromatic nitrogens is 2. The third-order valence-electron chi connectivity index (χ3n) is 5.53. The molecule has 25 heavy (non-hydrogen) atoms. The molecule has 5 nitrogen and oxygen atoms in total. The fourth-order valence-electron chi connectivity index (χ4n) is 2.95. The first-order valence-corrected chi connectivity index (χ1v) is 11.7. The van der Waals surface area contributed by atoms with E-state index in [4.69, 9.17) is 9.16 Å². The Morgan fingerprint density at radius 1 is 1.24 bits per heavy atom. The van der Waals surface area contributed by atoms with Crippen molar-refractivity contribution in [3.63, 3.8) is 0 Å². The summed E-state index contributed by atoms with van der Waals surface area (Å²) in [6.45, 7) is 13.2. The predicted octanol–water partition coefficient (Wildman–Crippen LogP) is 4.44. The van der Waals surface area contributed by atoms with Crippen molar-refractivity contribution >= 4 is 19.8 Å². The molecule has 1 aliphatic carbocycles. The smallest absolute Gasteiger partial charge is 0.337 e. The lowest BCUT2D eigenvalue weighted by atomic mass is 10.1. The van der Waals surface area contributed by atoms with Crippen molar-refractivity contribution in [2.45, 2.75) is 64.3 Å². The lowest BCUT2D eigenvalue weighted by molar-refractivity contribution is 0.0600. The Balaban J connectivity index is 2.12. The average Bonchev–Trinajstić information content (AvgIpc) is 3.16. The summed E-state index contributed by atoms with van der Waals surface area (Å²) in [5.74, 6) is -0.328. The highest BCUT2D eigenvalue weighted by Gasteiger charge is 2.54. The Morgan fingerprint density at radius 3 is 2.40 bits per heavy atom. The monoisotopic (exact) mass is 360 g/mol.